The lowest BCUT2D eigenvalue weighted by atomic mass is 9.88. The van der Waals surface area contributed by atoms with Crippen molar-refractivity contribution in [3.05, 3.63) is 23.8 Å². The van der Waals surface area contributed by atoms with E-state index in [9.17, 15) is 14.3 Å². The number of aliphatic hydroxyl groups excluding tert-OH is 1. The third kappa shape index (κ3) is 2.75. The Morgan fingerprint density at radius 3 is 2.60 bits per heavy atom. The summed E-state index contributed by atoms with van der Waals surface area (Å²) in [6.45, 7) is 4.77. The Morgan fingerprint density at radius 1 is 1.45 bits per heavy atom. The number of halogens is 1. The molecule has 0 saturated carbocycles. The zero-order chi connectivity index (χ0) is 14.9. The van der Waals surface area contributed by atoms with E-state index in [1.165, 1.54) is 19.4 Å². The summed E-state index contributed by atoms with van der Waals surface area (Å²) in [6, 6.07) is 1.35. The zero-order valence-electron chi connectivity index (χ0n) is 11.8. The number of rotatable bonds is 2. The number of hydrogen-bond acceptors (Lipinski definition) is 4. The molecule has 2 heterocycles. The normalized spacial score (nSPS) is 26.4. The second-order valence-electron chi connectivity index (χ2n) is 5.37. The molecule has 0 radical (unpaired) electrons. The second kappa shape index (κ2) is 5.75. The van der Waals surface area contributed by atoms with Gasteiger partial charge in [0.1, 0.15) is 0 Å². The number of pyridine rings is 1. The number of likely N-dealkylation sites (tertiary alicyclic amines) is 1. The van der Waals surface area contributed by atoms with Crippen LogP contribution in [0.15, 0.2) is 12.3 Å². The fourth-order valence-corrected chi connectivity index (χ4v) is 2.58. The molecule has 2 rings (SSSR count). The SMILES string of the molecule is COc1cc(C(=O)N2CC(C)C(O)C(C)C2)cnc1F. The molecule has 0 spiro atoms. The van der Waals surface area contributed by atoms with Crippen LogP contribution in [0, 0.1) is 17.8 Å². The third-order valence-corrected chi connectivity index (χ3v) is 3.74. The molecule has 6 heteroatoms. The lowest BCUT2D eigenvalue weighted by Gasteiger charge is -2.38. The van der Waals surface area contributed by atoms with E-state index in [-0.39, 0.29) is 23.5 Å². The number of aliphatic hydroxyl groups is 1. The number of carbonyl (C=O) groups excluding carboxylic acids is 1. The van der Waals surface area contributed by atoms with Gasteiger partial charge in [0.2, 0.25) is 0 Å². The summed E-state index contributed by atoms with van der Waals surface area (Å²) in [7, 11) is 1.33. The number of hydrogen-bond donors (Lipinski definition) is 1. The Hall–Kier alpha value is -1.69. The van der Waals surface area contributed by atoms with E-state index in [2.05, 4.69) is 4.98 Å². The van der Waals surface area contributed by atoms with Gasteiger partial charge in [-0.2, -0.15) is 4.39 Å². The van der Waals surface area contributed by atoms with Gasteiger partial charge < -0.3 is 14.7 Å². The van der Waals surface area contributed by atoms with Crippen LogP contribution in [0.2, 0.25) is 0 Å². The highest BCUT2D eigenvalue weighted by Gasteiger charge is 2.33. The molecular formula is C14H19FN2O3. The lowest BCUT2D eigenvalue weighted by molar-refractivity contribution is -0.00354. The lowest BCUT2D eigenvalue weighted by Crippen LogP contribution is -2.49. The van der Waals surface area contributed by atoms with Gasteiger partial charge in [0, 0.05) is 19.3 Å². The summed E-state index contributed by atoms with van der Waals surface area (Å²) in [6.07, 6.45) is 0.806. The second-order valence-corrected chi connectivity index (χ2v) is 5.37. The summed E-state index contributed by atoms with van der Waals surface area (Å²) in [5.41, 5.74) is 0.291. The Bertz CT molecular complexity index is 497. The van der Waals surface area contributed by atoms with E-state index < -0.39 is 12.1 Å². The number of piperidine rings is 1. The van der Waals surface area contributed by atoms with Gasteiger partial charge in [-0.1, -0.05) is 13.8 Å². The number of nitrogens with zero attached hydrogens (tertiary/aromatic N) is 2. The number of ether oxygens (including phenoxy) is 1. The fourth-order valence-electron chi connectivity index (χ4n) is 2.58. The van der Waals surface area contributed by atoms with Crippen LogP contribution >= 0.6 is 0 Å². The van der Waals surface area contributed by atoms with Crippen LogP contribution in [-0.2, 0) is 0 Å². The number of carbonyl (C=O) groups is 1. The van der Waals surface area contributed by atoms with Crippen molar-refractivity contribution in [3.63, 3.8) is 0 Å². The van der Waals surface area contributed by atoms with Gasteiger partial charge in [0.25, 0.3) is 11.9 Å². The predicted octanol–water partition coefficient (Wildman–Crippen LogP) is 1.32. The van der Waals surface area contributed by atoms with Gasteiger partial charge in [-0.15, -0.1) is 0 Å². The van der Waals surface area contributed by atoms with Crippen LogP contribution in [0.1, 0.15) is 24.2 Å². The van der Waals surface area contributed by atoms with Crippen molar-refractivity contribution in [2.45, 2.75) is 20.0 Å². The standard InChI is InChI=1S/C14H19FN2O3/c1-8-6-17(7-9(2)12(8)18)14(19)10-4-11(20-3)13(15)16-5-10/h4-5,8-9,12,18H,6-7H2,1-3H3. The molecule has 1 amide bonds. The third-order valence-electron chi connectivity index (χ3n) is 3.74. The number of amides is 1. The summed E-state index contributed by atoms with van der Waals surface area (Å²) in [5, 5.41) is 9.91. The van der Waals surface area contributed by atoms with Gasteiger partial charge in [0.05, 0.1) is 18.8 Å². The Morgan fingerprint density at radius 2 is 2.05 bits per heavy atom. The van der Waals surface area contributed by atoms with Gasteiger partial charge in [0.15, 0.2) is 5.75 Å². The fraction of sp³-hybridized carbons (Fsp3) is 0.571. The highest BCUT2D eigenvalue weighted by Crippen LogP contribution is 2.24. The first kappa shape index (κ1) is 14.7. The van der Waals surface area contributed by atoms with Crippen molar-refractivity contribution >= 4 is 5.91 Å². The first-order valence-electron chi connectivity index (χ1n) is 6.61. The Balaban J connectivity index is 2.19. The number of aromatic nitrogens is 1. The average Bonchev–Trinajstić information content (AvgIpc) is 2.44. The van der Waals surface area contributed by atoms with Crippen molar-refractivity contribution in [1.29, 1.82) is 0 Å². The van der Waals surface area contributed by atoms with Crippen LogP contribution in [-0.4, -0.2) is 47.2 Å². The monoisotopic (exact) mass is 282 g/mol. The summed E-state index contributed by atoms with van der Waals surface area (Å²) in [5.74, 6) is -0.980. The highest BCUT2D eigenvalue weighted by atomic mass is 19.1. The minimum Gasteiger partial charge on any atom is -0.492 e. The van der Waals surface area contributed by atoms with E-state index >= 15 is 0 Å². The first-order chi connectivity index (χ1) is 9.43. The van der Waals surface area contributed by atoms with Gasteiger partial charge in [-0.05, 0) is 17.9 Å². The molecule has 110 valence electrons. The molecule has 1 fully saturated rings. The van der Waals surface area contributed by atoms with Crippen molar-refractivity contribution in [1.82, 2.24) is 9.88 Å². The molecule has 0 aromatic carbocycles. The van der Waals surface area contributed by atoms with Crippen LogP contribution in [0.25, 0.3) is 0 Å². The molecule has 1 saturated heterocycles. The van der Waals surface area contributed by atoms with E-state index in [0.29, 0.717) is 18.7 Å². The van der Waals surface area contributed by atoms with Crippen molar-refractivity contribution < 1.29 is 19.0 Å². The smallest absolute Gasteiger partial charge is 0.255 e. The van der Waals surface area contributed by atoms with Gasteiger partial charge >= 0.3 is 0 Å². The van der Waals surface area contributed by atoms with Crippen LogP contribution in [0.3, 0.4) is 0 Å². The van der Waals surface area contributed by atoms with E-state index in [0.717, 1.165) is 0 Å². The van der Waals surface area contributed by atoms with Crippen molar-refractivity contribution in [3.8, 4) is 5.75 Å². The van der Waals surface area contributed by atoms with Crippen LogP contribution < -0.4 is 4.74 Å². The topological polar surface area (TPSA) is 62.7 Å². The average molecular weight is 282 g/mol. The summed E-state index contributed by atoms with van der Waals surface area (Å²) in [4.78, 5) is 17.6. The molecule has 0 aliphatic carbocycles. The molecule has 1 N–H and O–H groups in total. The van der Waals surface area contributed by atoms with Crippen molar-refractivity contribution in [2.75, 3.05) is 20.2 Å². The highest BCUT2D eigenvalue weighted by molar-refractivity contribution is 5.94. The molecule has 2 unspecified atom stereocenters. The molecule has 1 aliphatic rings. The molecule has 2 atom stereocenters. The predicted molar refractivity (Wildman–Crippen MR) is 71.0 cm³/mol. The zero-order valence-corrected chi connectivity index (χ0v) is 11.8. The molecule has 1 aliphatic heterocycles. The summed E-state index contributed by atoms with van der Waals surface area (Å²) < 4.78 is 18.1. The maximum absolute atomic E-state index is 13.3. The van der Waals surface area contributed by atoms with Crippen LogP contribution in [0.4, 0.5) is 4.39 Å². The molecule has 1 aromatic heterocycles. The molecule has 20 heavy (non-hydrogen) atoms. The Labute approximate surface area is 117 Å². The van der Waals surface area contributed by atoms with E-state index in [1.54, 1.807) is 4.90 Å². The minimum absolute atomic E-state index is 0.0120. The van der Waals surface area contributed by atoms with Gasteiger partial charge in [-0.3, -0.25) is 4.79 Å². The molecule has 0 bridgehead atoms. The summed E-state index contributed by atoms with van der Waals surface area (Å²) >= 11 is 0. The Kier molecular flexibility index (Phi) is 4.23. The van der Waals surface area contributed by atoms with E-state index in [1.807, 2.05) is 13.8 Å². The minimum atomic E-state index is -0.736. The van der Waals surface area contributed by atoms with Crippen molar-refractivity contribution in [2.24, 2.45) is 11.8 Å². The molecule has 1 aromatic rings. The maximum atomic E-state index is 13.3. The molecule has 5 nitrogen and oxygen atoms in total. The van der Waals surface area contributed by atoms with Gasteiger partial charge in [-0.25, -0.2) is 4.98 Å². The number of methoxy groups -OCH3 is 1. The quantitative estimate of drug-likeness (QED) is 0.831. The maximum Gasteiger partial charge on any atom is 0.255 e. The largest absolute Gasteiger partial charge is 0.492 e. The van der Waals surface area contributed by atoms with Crippen LogP contribution in [0.5, 0.6) is 5.75 Å². The van der Waals surface area contributed by atoms with E-state index in [4.69, 9.17) is 4.74 Å². The first-order valence-corrected chi connectivity index (χ1v) is 6.61. The molecular weight excluding hydrogens is 263 g/mol.